The zero-order valence-electron chi connectivity index (χ0n) is 10.5. The van der Waals surface area contributed by atoms with Crippen LogP contribution >= 0.6 is 0 Å². The Kier molecular flexibility index (Phi) is 6.13. The summed E-state index contributed by atoms with van der Waals surface area (Å²) in [6, 6.07) is 0.737. The third-order valence-electron chi connectivity index (χ3n) is 2.07. The van der Waals surface area contributed by atoms with Gasteiger partial charge in [-0.3, -0.25) is 4.79 Å². The van der Waals surface area contributed by atoms with Gasteiger partial charge in [-0.1, -0.05) is 13.8 Å². The van der Waals surface area contributed by atoms with Gasteiger partial charge < -0.3 is 5.32 Å². The van der Waals surface area contributed by atoms with Crippen LogP contribution < -0.4 is 10.0 Å². The van der Waals surface area contributed by atoms with Crippen molar-refractivity contribution in [3.8, 4) is 6.07 Å². The van der Waals surface area contributed by atoms with E-state index in [2.05, 4.69) is 10.0 Å². The fourth-order valence-electron chi connectivity index (χ4n) is 0.929. The number of sulfonamides is 1. The SMILES string of the molecule is CC(C)CNC(=O)C(C)NS(=O)(=O)C(C)C#N. The van der Waals surface area contributed by atoms with Crippen molar-refractivity contribution in [1.82, 2.24) is 10.0 Å². The molecule has 0 saturated heterocycles. The summed E-state index contributed by atoms with van der Waals surface area (Å²) in [6.07, 6.45) is 0. The number of carbonyl (C=O) groups excluding carboxylic acids is 1. The maximum absolute atomic E-state index is 11.5. The van der Waals surface area contributed by atoms with Crippen LogP contribution in [0.3, 0.4) is 0 Å². The summed E-state index contributed by atoms with van der Waals surface area (Å²) in [5.41, 5.74) is 0. The molecule has 0 aliphatic rings. The van der Waals surface area contributed by atoms with Crippen molar-refractivity contribution < 1.29 is 13.2 Å². The first kappa shape index (κ1) is 15.9. The van der Waals surface area contributed by atoms with E-state index in [1.165, 1.54) is 13.8 Å². The molecule has 0 aromatic rings. The second-order valence-electron chi connectivity index (χ2n) is 4.29. The minimum Gasteiger partial charge on any atom is -0.354 e. The van der Waals surface area contributed by atoms with E-state index in [4.69, 9.17) is 5.26 Å². The van der Waals surface area contributed by atoms with Gasteiger partial charge in [-0.15, -0.1) is 0 Å². The van der Waals surface area contributed by atoms with E-state index < -0.39 is 27.2 Å². The second kappa shape index (κ2) is 6.57. The second-order valence-corrected chi connectivity index (χ2v) is 6.33. The molecule has 2 N–H and O–H groups in total. The van der Waals surface area contributed by atoms with E-state index in [0.717, 1.165) is 0 Å². The van der Waals surface area contributed by atoms with Crippen molar-refractivity contribution in [2.24, 2.45) is 5.92 Å². The van der Waals surface area contributed by atoms with Gasteiger partial charge in [0.2, 0.25) is 15.9 Å². The molecule has 0 radical (unpaired) electrons. The molecule has 7 heteroatoms. The van der Waals surface area contributed by atoms with Gasteiger partial charge in [-0.05, 0) is 19.8 Å². The van der Waals surface area contributed by atoms with E-state index >= 15 is 0 Å². The predicted molar refractivity (Wildman–Crippen MR) is 64.4 cm³/mol. The van der Waals surface area contributed by atoms with Crippen molar-refractivity contribution >= 4 is 15.9 Å². The number of amides is 1. The van der Waals surface area contributed by atoms with Crippen LogP contribution in [0.1, 0.15) is 27.7 Å². The number of hydrogen-bond donors (Lipinski definition) is 2. The highest BCUT2D eigenvalue weighted by Crippen LogP contribution is 1.98. The highest BCUT2D eigenvalue weighted by molar-refractivity contribution is 7.90. The minimum absolute atomic E-state index is 0.292. The molecular weight excluding hydrogens is 242 g/mol. The molecule has 0 spiro atoms. The smallest absolute Gasteiger partial charge is 0.237 e. The highest BCUT2D eigenvalue weighted by Gasteiger charge is 2.25. The van der Waals surface area contributed by atoms with Crippen molar-refractivity contribution in [3.63, 3.8) is 0 Å². The Hall–Kier alpha value is -1.13. The number of hydrogen-bond acceptors (Lipinski definition) is 4. The molecule has 2 unspecified atom stereocenters. The lowest BCUT2D eigenvalue weighted by molar-refractivity contribution is -0.122. The Labute approximate surface area is 102 Å². The lowest BCUT2D eigenvalue weighted by atomic mass is 10.2. The monoisotopic (exact) mass is 261 g/mol. The van der Waals surface area contributed by atoms with Crippen LogP contribution in [0.4, 0.5) is 0 Å². The molecule has 0 aromatic carbocycles. The van der Waals surface area contributed by atoms with Crippen molar-refractivity contribution in [1.29, 1.82) is 5.26 Å². The number of carbonyl (C=O) groups is 1. The zero-order chi connectivity index (χ0) is 13.6. The number of rotatable bonds is 6. The van der Waals surface area contributed by atoms with E-state index in [-0.39, 0.29) is 0 Å². The fourth-order valence-corrected chi connectivity index (χ4v) is 1.87. The number of nitrogens with zero attached hydrogens (tertiary/aromatic N) is 1. The molecular formula is C10H19N3O3S. The summed E-state index contributed by atoms with van der Waals surface area (Å²) < 4.78 is 25.2. The molecule has 98 valence electrons. The molecule has 1 amide bonds. The summed E-state index contributed by atoms with van der Waals surface area (Å²) in [5.74, 6) is -0.104. The summed E-state index contributed by atoms with van der Waals surface area (Å²) in [6.45, 7) is 7.07. The summed E-state index contributed by atoms with van der Waals surface area (Å²) in [7, 11) is -3.77. The van der Waals surface area contributed by atoms with E-state index in [9.17, 15) is 13.2 Å². The largest absolute Gasteiger partial charge is 0.354 e. The molecule has 0 bridgehead atoms. The maximum atomic E-state index is 11.5. The van der Waals surface area contributed by atoms with Gasteiger partial charge in [0.05, 0.1) is 12.1 Å². The Balaban J connectivity index is 4.41. The summed E-state index contributed by atoms with van der Waals surface area (Å²) >= 11 is 0. The topological polar surface area (TPSA) is 99.1 Å². The quantitative estimate of drug-likeness (QED) is 0.701. The average Bonchev–Trinajstić information content (AvgIpc) is 2.23. The zero-order valence-corrected chi connectivity index (χ0v) is 11.3. The van der Waals surface area contributed by atoms with Gasteiger partial charge in [0.1, 0.15) is 0 Å². The Morgan fingerprint density at radius 1 is 1.29 bits per heavy atom. The van der Waals surface area contributed by atoms with Crippen molar-refractivity contribution in [2.75, 3.05) is 6.54 Å². The average molecular weight is 261 g/mol. The molecule has 2 atom stereocenters. The lowest BCUT2D eigenvalue weighted by Gasteiger charge is -2.16. The molecule has 0 rings (SSSR count). The molecule has 0 heterocycles. The van der Waals surface area contributed by atoms with Gasteiger partial charge in [-0.25, -0.2) is 13.1 Å². The lowest BCUT2D eigenvalue weighted by Crippen LogP contribution is -2.47. The number of nitrogens with one attached hydrogen (secondary N) is 2. The van der Waals surface area contributed by atoms with Crippen LogP contribution in [0.15, 0.2) is 0 Å². The first-order valence-corrected chi connectivity index (χ1v) is 6.93. The predicted octanol–water partition coefficient (Wildman–Crippen LogP) is -0.0214. The van der Waals surface area contributed by atoms with Gasteiger partial charge in [0.15, 0.2) is 5.25 Å². The van der Waals surface area contributed by atoms with Crippen LogP contribution in [0.25, 0.3) is 0 Å². The molecule has 0 saturated carbocycles. The van der Waals surface area contributed by atoms with Gasteiger partial charge >= 0.3 is 0 Å². The van der Waals surface area contributed by atoms with E-state index in [0.29, 0.717) is 12.5 Å². The van der Waals surface area contributed by atoms with Gasteiger partial charge in [0.25, 0.3) is 0 Å². The fraction of sp³-hybridized carbons (Fsp3) is 0.800. The standard InChI is InChI=1S/C10H19N3O3S/c1-7(2)6-12-10(14)9(4)13-17(15,16)8(3)5-11/h7-9,13H,6H2,1-4H3,(H,12,14). The Bertz CT molecular complexity index is 398. The highest BCUT2D eigenvalue weighted by atomic mass is 32.2. The van der Waals surface area contributed by atoms with Crippen molar-refractivity contribution in [3.05, 3.63) is 0 Å². The van der Waals surface area contributed by atoms with Crippen LogP contribution in [0, 0.1) is 17.2 Å². The molecule has 0 aromatic heterocycles. The van der Waals surface area contributed by atoms with Crippen molar-refractivity contribution in [2.45, 2.75) is 39.0 Å². The molecule has 17 heavy (non-hydrogen) atoms. The third-order valence-corrected chi connectivity index (χ3v) is 3.78. The third kappa shape index (κ3) is 5.65. The van der Waals surface area contributed by atoms with Crippen LogP contribution in [-0.4, -0.2) is 32.2 Å². The molecule has 0 aliphatic heterocycles. The molecule has 6 nitrogen and oxygen atoms in total. The summed E-state index contributed by atoms with van der Waals surface area (Å²) in [4.78, 5) is 11.5. The summed E-state index contributed by atoms with van der Waals surface area (Å²) in [5, 5.41) is 9.96. The Morgan fingerprint density at radius 3 is 2.24 bits per heavy atom. The molecule has 0 aliphatic carbocycles. The van der Waals surface area contributed by atoms with E-state index in [1.54, 1.807) is 6.07 Å². The number of nitriles is 1. The minimum atomic E-state index is -3.77. The van der Waals surface area contributed by atoms with Crippen LogP contribution in [-0.2, 0) is 14.8 Å². The molecule has 0 fully saturated rings. The van der Waals surface area contributed by atoms with Crippen LogP contribution in [0.2, 0.25) is 0 Å². The van der Waals surface area contributed by atoms with Gasteiger partial charge in [0, 0.05) is 6.54 Å². The normalized spacial score (nSPS) is 15.1. The van der Waals surface area contributed by atoms with Gasteiger partial charge in [-0.2, -0.15) is 5.26 Å². The first-order valence-electron chi connectivity index (χ1n) is 5.39. The maximum Gasteiger partial charge on any atom is 0.237 e. The van der Waals surface area contributed by atoms with Crippen LogP contribution in [0.5, 0.6) is 0 Å². The first-order chi connectivity index (χ1) is 7.70. The van der Waals surface area contributed by atoms with E-state index in [1.807, 2.05) is 13.8 Å². The Morgan fingerprint density at radius 2 is 1.82 bits per heavy atom.